The zero-order chi connectivity index (χ0) is 9.23. The molecule has 0 fully saturated rings. The van der Waals surface area contributed by atoms with Crippen LogP contribution in [0.15, 0.2) is 0 Å². The van der Waals surface area contributed by atoms with Crippen molar-refractivity contribution in [2.75, 3.05) is 32.8 Å². The molecule has 12 heavy (non-hydrogen) atoms. The van der Waals surface area contributed by atoms with Crippen molar-refractivity contribution in [3.05, 3.63) is 0 Å². The molecular weight excluding hydrogens is 156 g/mol. The summed E-state index contributed by atoms with van der Waals surface area (Å²) in [6.45, 7) is 2.28. The standard InChI is InChI=1S/C8H16N2O2/c9-3-1-4-10(6-8-12)5-2-7-11/h11-12H,1-2,4-8H2. The second-order valence-corrected chi connectivity index (χ2v) is 2.55. The number of rotatable bonds is 7. The van der Waals surface area contributed by atoms with Crippen LogP contribution in [-0.2, 0) is 0 Å². The molecular formula is C8H16N2O2. The third-order valence-corrected chi connectivity index (χ3v) is 1.59. The van der Waals surface area contributed by atoms with Crippen LogP contribution in [-0.4, -0.2) is 48.0 Å². The molecule has 0 aliphatic carbocycles. The summed E-state index contributed by atoms with van der Waals surface area (Å²) in [6.07, 6.45) is 1.18. The van der Waals surface area contributed by atoms with E-state index in [9.17, 15) is 0 Å². The first-order valence-electron chi connectivity index (χ1n) is 4.16. The molecule has 0 bridgehead atoms. The quantitative estimate of drug-likeness (QED) is 0.547. The molecule has 0 aliphatic rings. The highest BCUT2D eigenvalue weighted by Gasteiger charge is 2.01. The highest BCUT2D eigenvalue weighted by Crippen LogP contribution is 1.92. The summed E-state index contributed by atoms with van der Waals surface area (Å²) < 4.78 is 0. The Bertz CT molecular complexity index is 134. The van der Waals surface area contributed by atoms with E-state index in [1.807, 2.05) is 11.0 Å². The lowest BCUT2D eigenvalue weighted by Gasteiger charge is -2.18. The molecule has 0 saturated heterocycles. The minimum absolute atomic E-state index is 0.108. The Morgan fingerprint density at radius 3 is 2.33 bits per heavy atom. The molecule has 0 radical (unpaired) electrons. The normalized spacial score (nSPS) is 10.2. The number of nitriles is 1. The molecule has 0 saturated carbocycles. The van der Waals surface area contributed by atoms with Crippen LogP contribution < -0.4 is 0 Å². The van der Waals surface area contributed by atoms with E-state index in [-0.39, 0.29) is 13.2 Å². The highest BCUT2D eigenvalue weighted by molar-refractivity contribution is 4.72. The van der Waals surface area contributed by atoms with Crippen molar-refractivity contribution in [2.24, 2.45) is 0 Å². The van der Waals surface area contributed by atoms with Gasteiger partial charge in [0.2, 0.25) is 0 Å². The van der Waals surface area contributed by atoms with Gasteiger partial charge in [0.15, 0.2) is 0 Å². The summed E-state index contributed by atoms with van der Waals surface area (Å²) in [5.41, 5.74) is 0. The van der Waals surface area contributed by atoms with Crippen LogP contribution in [0.4, 0.5) is 0 Å². The van der Waals surface area contributed by atoms with Crippen LogP contribution >= 0.6 is 0 Å². The number of hydrogen-bond acceptors (Lipinski definition) is 4. The Morgan fingerprint density at radius 2 is 1.83 bits per heavy atom. The summed E-state index contributed by atoms with van der Waals surface area (Å²) in [6, 6.07) is 2.05. The highest BCUT2D eigenvalue weighted by atomic mass is 16.3. The fourth-order valence-corrected chi connectivity index (χ4v) is 0.979. The minimum atomic E-state index is 0.108. The van der Waals surface area contributed by atoms with Gasteiger partial charge >= 0.3 is 0 Å². The average molecular weight is 172 g/mol. The second kappa shape index (κ2) is 8.47. The van der Waals surface area contributed by atoms with E-state index in [2.05, 4.69) is 0 Å². The number of aliphatic hydroxyl groups excluding tert-OH is 2. The molecule has 4 heteroatoms. The van der Waals surface area contributed by atoms with Gasteiger partial charge in [-0.2, -0.15) is 5.26 Å². The second-order valence-electron chi connectivity index (χ2n) is 2.55. The van der Waals surface area contributed by atoms with Gasteiger partial charge in [-0.15, -0.1) is 0 Å². The van der Waals surface area contributed by atoms with Gasteiger partial charge in [-0.3, -0.25) is 4.90 Å². The molecule has 70 valence electrons. The third-order valence-electron chi connectivity index (χ3n) is 1.59. The van der Waals surface area contributed by atoms with Crippen LogP contribution in [0.5, 0.6) is 0 Å². The van der Waals surface area contributed by atoms with E-state index in [1.54, 1.807) is 0 Å². The SMILES string of the molecule is N#CCCN(CCO)CCCO. The van der Waals surface area contributed by atoms with Crippen molar-refractivity contribution < 1.29 is 10.2 Å². The van der Waals surface area contributed by atoms with Gasteiger partial charge in [0.05, 0.1) is 12.7 Å². The predicted octanol–water partition coefficient (Wildman–Crippen LogP) is -0.423. The summed E-state index contributed by atoms with van der Waals surface area (Å²) in [5, 5.41) is 25.5. The molecule has 0 aromatic carbocycles. The lowest BCUT2D eigenvalue weighted by atomic mass is 10.3. The van der Waals surface area contributed by atoms with E-state index in [1.165, 1.54) is 0 Å². The lowest BCUT2D eigenvalue weighted by Crippen LogP contribution is -2.29. The first kappa shape index (κ1) is 11.4. The van der Waals surface area contributed by atoms with Crippen LogP contribution in [0.3, 0.4) is 0 Å². The van der Waals surface area contributed by atoms with Crippen LogP contribution in [0.2, 0.25) is 0 Å². The Morgan fingerprint density at radius 1 is 1.08 bits per heavy atom. The Labute approximate surface area is 73.0 Å². The van der Waals surface area contributed by atoms with Gasteiger partial charge in [-0.1, -0.05) is 0 Å². The fourth-order valence-electron chi connectivity index (χ4n) is 0.979. The average Bonchev–Trinajstić information content (AvgIpc) is 2.10. The van der Waals surface area contributed by atoms with E-state index in [4.69, 9.17) is 15.5 Å². The van der Waals surface area contributed by atoms with Gasteiger partial charge in [0.25, 0.3) is 0 Å². The maximum atomic E-state index is 8.65. The maximum absolute atomic E-state index is 8.65. The van der Waals surface area contributed by atoms with Crippen molar-refractivity contribution >= 4 is 0 Å². The van der Waals surface area contributed by atoms with Crippen molar-refractivity contribution in [1.29, 1.82) is 5.26 Å². The molecule has 0 unspecified atom stereocenters. The van der Waals surface area contributed by atoms with Gasteiger partial charge in [0, 0.05) is 32.7 Å². The van der Waals surface area contributed by atoms with Crippen molar-refractivity contribution in [2.45, 2.75) is 12.8 Å². The largest absolute Gasteiger partial charge is 0.396 e. The van der Waals surface area contributed by atoms with Crippen LogP contribution in [0.25, 0.3) is 0 Å². The third kappa shape index (κ3) is 6.10. The van der Waals surface area contributed by atoms with Crippen LogP contribution in [0.1, 0.15) is 12.8 Å². The summed E-state index contributed by atoms with van der Waals surface area (Å²) in [5.74, 6) is 0. The first-order chi connectivity index (χ1) is 5.85. The zero-order valence-corrected chi connectivity index (χ0v) is 7.24. The molecule has 0 amide bonds. The fraction of sp³-hybridized carbons (Fsp3) is 0.875. The number of hydrogen-bond donors (Lipinski definition) is 2. The summed E-state index contributed by atoms with van der Waals surface area (Å²) >= 11 is 0. The van der Waals surface area contributed by atoms with Gasteiger partial charge in [-0.25, -0.2) is 0 Å². The minimum Gasteiger partial charge on any atom is -0.396 e. The first-order valence-corrected chi connectivity index (χ1v) is 4.16. The predicted molar refractivity (Wildman–Crippen MR) is 45.5 cm³/mol. The Kier molecular flexibility index (Phi) is 8.02. The van der Waals surface area contributed by atoms with Gasteiger partial charge < -0.3 is 10.2 Å². The Hall–Kier alpha value is -0.630. The summed E-state index contributed by atoms with van der Waals surface area (Å²) in [4.78, 5) is 1.97. The number of aliphatic hydroxyl groups is 2. The maximum Gasteiger partial charge on any atom is 0.0635 e. The summed E-state index contributed by atoms with van der Waals surface area (Å²) in [7, 11) is 0. The van der Waals surface area contributed by atoms with E-state index in [0.717, 1.165) is 6.54 Å². The number of nitrogens with zero attached hydrogens (tertiary/aromatic N) is 2. The zero-order valence-electron chi connectivity index (χ0n) is 7.24. The van der Waals surface area contributed by atoms with Crippen molar-refractivity contribution in [1.82, 2.24) is 4.90 Å². The van der Waals surface area contributed by atoms with E-state index < -0.39 is 0 Å². The monoisotopic (exact) mass is 172 g/mol. The van der Waals surface area contributed by atoms with Gasteiger partial charge in [-0.05, 0) is 6.42 Å². The molecule has 4 nitrogen and oxygen atoms in total. The molecule has 0 atom stereocenters. The molecule has 0 aliphatic heterocycles. The topological polar surface area (TPSA) is 67.5 Å². The van der Waals surface area contributed by atoms with E-state index in [0.29, 0.717) is 25.9 Å². The molecule has 2 N–H and O–H groups in total. The van der Waals surface area contributed by atoms with Gasteiger partial charge in [0.1, 0.15) is 0 Å². The molecule has 0 aromatic heterocycles. The van der Waals surface area contributed by atoms with Crippen LogP contribution in [0, 0.1) is 11.3 Å². The van der Waals surface area contributed by atoms with E-state index >= 15 is 0 Å². The molecule has 0 rings (SSSR count). The molecule has 0 aromatic rings. The molecule has 0 spiro atoms. The Balaban J connectivity index is 3.48. The van der Waals surface area contributed by atoms with Crippen molar-refractivity contribution in [3.8, 4) is 6.07 Å². The molecule has 0 heterocycles. The lowest BCUT2D eigenvalue weighted by molar-refractivity contribution is 0.182. The smallest absolute Gasteiger partial charge is 0.0635 e. The van der Waals surface area contributed by atoms with Crippen molar-refractivity contribution in [3.63, 3.8) is 0 Å².